The summed E-state index contributed by atoms with van der Waals surface area (Å²) in [7, 11) is 0. The lowest BCUT2D eigenvalue weighted by molar-refractivity contribution is -0.384. The fourth-order valence-electron chi connectivity index (χ4n) is 2.33. The van der Waals surface area contributed by atoms with Crippen LogP contribution < -0.4 is 10.9 Å². The summed E-state index contributed by atoms with van der Waals surface area (Å²) >= 11 is 1.31. The van der Waals surface area contributed by atoms with Crippen LogP contribution in [0, 0.1) is 17.0 Å². The number of carbonyl (C=O) groups excluding carboxylic acids is 1. The van der Waals surface area contributed by atoms with Crippen LogP contribution in [-0.4, -0.2) is 20.4 Å². The van der Waals surface area contributed by atoms with Crippen molar-refractivity contribution < 1.29 is 9.72 Å². The summed E-state index contributed by atoms with van der Waals surface area (Å²) in [5, 5.41) is 15.8. The highest BCUT2D eigenvalue weighted by atomic mass is 32.1. The molecule has 1 N–H and O–H groups in total. The van der Waals surface area contributed by atoms with Gasteiger partial charge in [0, 0.05) is 29.8 Å². The molecule has 3 aromatic rings. The predicted molar refractivity (Wildman–Crippen MR) is 97.7 cm³/mol. The molecule has 3 rings (SSSR count). The molecule has 1 aromatic carbocycles. The Balaban J connectivity index is 1.83. The van der Waals surface area contributed by atoms with Crippen molar-refractivity contribution in [2.24, 2.45) is 0 Å². The Morgan fingerprint density at radius 3 is 2.85 bits per heavy atom. The fraction of sp³-hybridized carbons (Fsp3) is 0.118. The van der Waals surface area contributed by atoms with Crippen LogP contribution in [0.25, 0.3) is 0 Å². The molecule has 0 spiro atoms. The van der Waals surface area contributed by atoms with Crippen LogP contribution in [0.4, 0.5) is 10.8 Å². The number of benzene rings is 1. The van der Waals surface area contributed by atoms with Crippen molar-refractivity contribution >= 4 is 28.1 Å². The molecule has 9 heteroatoms. The van der Waals surface area contributed by atoms with Crippen LogP contribution in [0.1, 0.15) is 21.6 Å². The number of pyridine rings is 1. The van der Waals surface area contributed by atoms with E-state index in [1.54, 1.807) is 12.1 Å². The number of nitrogens with one attached hydrogen (secondary N) is 1. The Morgan fingerprint density at radius 2 is 2.15 bits per heavy atom. The number of amides is 1. The molecule has 0 atom stereocenters. The summed E-state index contributed by atoms with van der Waals surface area (Å²) in [6.45, 7) is 1.95. The Kier molecular flexibility index (Phi) is 4.90. The molecule has 0 radical (unpaired) electrons. The zero-order chi connectivity index (χ0) is 18.7. The molecule has 1 amide bonds. The summed E-state index contributed by atoms with van der Waals surface area (Å²) in [6, 6.07) is 8.75. The van der Waals surface area contributed by atoms with E-state index < -0.39 is 4.92 Å². The third-order valence-electron chi connectivity index (χ3n) is 3.56. The standard InChI is InChI=1S/C17H14N4O4S/c1-11-10-26-17(18-11)19-16(23)13-5-6-15(22)20(9-13)8-12-3-2-4-14(7-12)21(24)25/h2-7,9-10H,8H2,1H3,(H,18,19,23). The van der Waals surface area contributed by atoms with E-state index >= 15 is 0 Å². The van der Waals surface area contributed by atoms with Gasteiger partial charge in [0.2, 0.25) is 0 Å². The van der Waals surface area contributed by atoms with Crippen LogP contribution in [-0.2, 0) is 6.54 Å². The second kappa shape index (κ2) is 7.28. The minimum atomic E-state index is -0.494. The number of aryl methyl sites for hydroxylation is 1. The Labute approximate surface area is 151 Å². The van der Waals surface area contributed by atoms with Crippen molar-refractivity contribution in [2.45, 2.75) is 13.5 Å². The van der Waals surface area contributed by atoms with E-state index in [-0.39, 0.29) is 23.7 Å². The first-order valence-corrected chi connectivity index (χ1v) is 8.47. The molecule has 0 aliphatic rings. The van der Waals surface area contributed by atoms with Gasteiger partial charge in [-0.15, -0.1) is 11.3 Å². The van der Waals surface area contributed by atoms with E-state index in [1.807, 2.05) is 12.3 Å². The third-order valence-corrected chi connectivity index (χ3v) is 4.44. The smallest absolute Gasteiger partial charge is 0.269 e. The van der Waals surface area contributed by atoms with Crippen molar-refractivity contribution in [3.05, 3.63) is 85.3 Å². The first kappa shape index (κ1) is 17.5. The SMILES string of the molecule is Cc1csc(NC(=O)c2ccc(=O)n(Cc3cccc([N+](=O)[O-])c3)c2)n1. The lowest BCUT2D eigenvalue weighted by Gasteiger charge is -2.08. The van der Waals surface area contributed by atoms with Gasteiger partial charge in [-0.2, -0.15) is 0 Å². The van der Waals surface area contributed by atoms with Crippen LogP contribution in [0.15, 0.2) is 52.8 Å². The molecule has 0 unspecified atom stereocenters. The molecular weight excluding hydrogens is 356 g/mol. The molecule has 0 aliphatic heterocycles. The molecule has 2 heterocycles. The Bertz CT molecular complexity index is 1040. The number of non-ortho nitro benzene ring substituents is 1. The van der Waals surface area contributed by atoms with E-state index in [9.17, 15) is 19.7 Å². The van der Waals surface area contributed by atoms with Crippen molar-refractivity contribution in [3.8, 4) is 0 Å². The van der Waals surface area contributed by atoms with Gasteiger partial charge in [-0.1, -0.05) is 12.1 Å². The van der Waals surface area contributed by atoms with Crippen molar-refractivity contribution in [2.75, 3.05) is 5.32 Å². The summed E-state index contributed by atoms with van der Waals surface area (Å²) in [6.07, 6.45) is 1.43. The third kappa shape index (κ3) is 4.01. The van der Waals surface area contributed by atoms with E-state index in [2.05, 4.69) is 10.3 Å². The largest absolute Gasteiger partial charge is 0.310 e. The van der Waals surface area contributed by atoms with E-state index in [0.717, 1.165) is 5.69 Å². The number of nitro benzene ring substituents is 1. The van der Waals surface area contributed by atoms with Gasteiger partial charge in [0.1, 0.15) is 0 Å². The highest BCUT2D eigenvalue weighted by Gasteiger charge is 2.11. The van der Waals surface area contributed by atoms with Gasteiger partial charge in [0.25, 0.3) is 17.2 Å². The molecule has 26 heavy (non-hydrogen) atoms. The van der Waals surface area contributed by atoms with Crippen molar-refractivity contribution in [3.63, 3.8) is 0 Å². The minimum absolute atomic E-state index is 0.0522. The number of thiazole rings is 1. The highest BCUT2D eigenvalue weighted by Crippen LogP contribution is 2.16. The first-order chi connectivity index (χ1) is 12.4. The maximum atomic E-state index is 12.3. The number of rotatable bonds is 5. The number of nitro groups is 1. The fourth-order valence-corrected chi connectivity index (χ4v) is 3.02. The molecule has 0 fully saturated rings. The molecule has 0 aliphatic carbocycles. The molecule has 2 aromatic heterocycles. The quantitative estimate of drug-likeness (QED) is 0.549. The van der Waals surface area contributed by atoms with E-state index in [0.29, 0.717) is 16.3 Å². The normalized spacial score (nSPS) is 10.5. The molecule has 0 saturated heterocycles. The summed E-state index contributed by atoms with van der Waals surface area (Å²) < 4.78 is 1.33. The van der Waals surface area contributed by atoms with Gasteiger partial charge >= 0.3 is 0 Å². The average molecular weight is 370 g/mol. The number of anilines is 1. The molecule has 0 saturated carbocycles. The van der Waals surface area contributed by atoms with Gasteiger partial charge < -0.3 is 4.57 Å². The number of carbonyl (C=O) groups is 1. The van der Waals surface area contributed by atoms with Gasteiger partial charge in [0.05, 0.1) is 22.7 Å². The number of nitrogens with zero attached hydrogens (tertiary/aromatic N) is 3. The molecule has 0 bridgehead atoms. The number of hydrogen-bond acceptors (Lipinski definition) is 6. The monoisotopic (exact) mass is 370 g/mol. The van der Waals surface area contributed by atoms with E-state index in [1.165, 1.54) is 46.4 Å². The number of aromatic nitrogens is 2. The maximum Gasteiger partial charge on any atom is 0.269 e. The second-order valence-corrected chi connectivity index (χ2v) is 6.42. The van der Waals surface area contributed by atoms with Crippen LogP contribution in [0.2, 0.25) is 0 Å². The lowest BCUT2D eigenvalue weighted by Crippen LogP contribution is -2.22. The molecular formula is C17H14N4O4S. The molecule has 8 nitrogen and oxygen atoms in total. The summed E-state index contributed by atoms with van der Waals surface area (Å²) in [5.74, 6) is -0.382. The average Bonchev–Trinajstić information content (AvgIpc) is 3.02. The Morgan fingerprint density at radius 1 is 1.35 bits per heavy atom. The van der Waals surface area contributed by atoms with Crippen LogP contribution in [0.5, 0.6) is 0 Å². The lowest BCUT2D eigenvalue weighted by atomic mass is 10.2. The predicted octanol–water partition coefficient (Wildman–Crippen LogP) is 2.82. The van der Waals surface area contributed by atoms with Crippen LogP contribution in [0.3, 0.4) is 0 Å². The minimum Gasteiger partial charge on any atom is -0.310 e. The topological polar surface area (TPSA) is 107 Å². The van der Waals surface area contributed by atoms with Crippen molar-refractivity contribution in [1.29, 1.82) is 0 Å². The van der Waals surface area contributed by atoms with Gasteiger partial charge in [-0.05, 0) is 18.6 Å². The van der Waals surface area contributed by atoms with Crippen molar-refractivity contribution in [1.82, 2.24) is 9.55 Å². The van der Waals surface area contributed by atoms with Gasteiger partial charge in [0.15, 0.2) is 5.13 Å². The maximum absolute atomic E-state index is 12.3. The second-order valence-electron chi connectivity index (χ2n) is 5.56. The Hall–Kier alpha value is -3.33. The summed E-state index contributed by atoms with van der Waals surface area (Å²) in [4.78, 5) is 38.9. The number of hydrogen-bond donors (Lipinski definition) is 1. The molecule has 132 valence electrons. The first-order valence-electron chi connectivity index (χ1n) is 7.60. The highest BCUT2D eigenvalue weighted by molar-refractivity contribution is 7.13. The van der Waals surface area contributed by atoms with Gasteiger partial charge in [-0.3, -0.25) is 25.0 Å². The summed E-state index contributed by atoms with van der Waals surface area (Å²) in [5.41, 5.74) is 1.33. The zero-order valence-corrected chi connectivity index (χ0v) is 14.5. The van der Waals surface area contributed by atoms with Crippen LogP contribution >= 0.6 is 11.3 Å². The van der Waals surface area contributed by atoms with E-state index in [4.69, 9.17) is 0 Å². The zero-order valence-electron chi connectivity index (χ0n) is 13.7. The van der Waals surface area contributed by atoms with Gasteiger partial charge in [-0.25, -0.2) is 4.98 Å².